The molecule has 0 spiro atoms. The Balaban J connectivity index is 1.79. The van der Waals surface area contributed by atoms with Gasteiger partial charge in [-0.15, -0.1) is 0 Å². The van der Waals surface area contributed by atoms with Crippen LogP contribution in [0.1, 0.15) is 24.4 Å². The minimum absolute atomic E-state index is 0.0125. The predicted octanol–water partition coefficient (Wildman–Crippen LogP) is 3.14. The monoisotopic (exact) mass is 416 g/mol. The number of likely N-dealkylation sites (N-methyl/N-ethyl adjacent to an activating group) is 1. The van der Waals surface area contributed by atoms with E-state index in [1.165, 1.54) is 18.2 Å². The highest BCUT2D eigenvalue weighted by atomic mass is 35.5. The van der Waals surface area contributed by atoms with Gasteiger partial charge in [-0.25, -0.2) is 0 Å². The Morgan fingerprint density at radius 3 is 2.55 bits per heavy atom. The van der Waals surface area contributed by atoms with Crippen LogP contribution in [0.2, 0.25) is 5.02 Å². The zero-order valence-corrected chi connectivity index (χ0v) is 16.6. The van der Waals surface area contributed by atoms with Gasteiger partial charge in [0.15, 0.2) is 0 Å². The van der Waals surface area contributed by atoms with Gasteiger partial charge in [-0.2, -0.15) is 0 Å². The standard InChI is InChI=1S/C20H21ClN4O4/c1-24(12-18(26)22-14-7-8-14)19(13-5-3-2-4-6-13)20(27)23-15-9-10-16(21)17(11-15)25(28)29/h2-6,9-11,14,19H,7-8,12H2,1H3,(H,22,26)(H,23,27)/t19-/m0/s1. The Morgan fingerprint density at radius 1 is 1.24 bits per heavy atom. The predicted molar refractivity (Wildman–Crippen MR) is 110 cm³/mol. The molecule has 152 valence electrons. The van der Waals surface area contributed by atoms with Crippen LogP contribution >= 0.6 is 11.6 Å². The molecule has 0 bridgehead atoms. The molecular weight excluding hydrogens is 396 g/mol. The number of carbonyl (C=O) groups excluding carboxylic acids is 2. The summed E-state index contributed by atoms with van der Waals surface area (Å²) in [6.07, 6.45) is 1.96. The SMILES string of the molecule is CN(CC(=O)NC1CC1)[C@H](C(=O)Nc1ccc(Cl)c([N+](=O)[O-])c1)c1ccccc1. The number of nitro groups is 1. The van der Waals surface area contributed by atoms with Crippen molar-refractivity contribution in [1.82, 2.24) is 10.2 Å². The third kappa shape index (κ3) is 5.52. The summed E-state index contributed by atoms with van der Waals surface area (Å²) in [6, 6.07) is 12.6. The smallest absolute Gasteiger partial charge is 0.289 e. The summed E-state index contributed by atoms with van der Waals surface area (Å²) in [4.78, 5) is 37.4. The first-order valence-corrected chi connectivity index (χ1v) is 9.52. The van der Waals surface area contributed by atoms with E-state index in [0.29, 0.717) is 5.56 Å². The van der Waals surface area contributed by atoms with Gasteiger partial charge in [0.1, 0.15) is 11.1 Å². The van der Waals surface area contributed by atoms with Gasteiger partial charge in [-0.05, 0) is 37.6 Å². The number of carbonyl (C=O) groups is 2. The van der Waals surface area contributed by atoms with Crippen LogP contribution in [0.4, 0.5) is 11.4 Å². The molecule has 0 heterocycles. The van der Waals surface area contributed by atoms with E-state index in [1.807, 2.05) is 6.07 Å². The lowest BCUT2D eigenvalue weighted by Gasteiger charge is -2.27. The largest absolute Gasteiger partial charge is 0.352 e. The molecule has 2 amide bonds. The Hall–Kier alpha value is -2.97. The molecule has 0 saturated heterocycles. The molecule has 2 aromatic carbocycles. The molecule has 1 saturated carbocycles. The molecule has 1 aliphatic carbocycles. The van der Waals surface area contributed by atoms with E-state index in [-0.39, 0.29) is 34.9 Å². The van der Waals surface area contributed by atoms with Crippen LogP contribution in [-0.4, -0.2) is 41.3 Å². The Morgan fingerprint density at radius 2 is 1.93 bits per heavy atom. The van der Waals surface area contributed by atoms with Crippen molar-refractivity contribution in [2.45, 2.75) is 24.9 Å². The lowest BCUT2D eigenvalue weighted by atomic mass is 10.0. The fourth-order valence-electron chi connectivity index (χ4n) is 3.00. The number of halogens is 1. The van der Waals surface area contributed by atoms with Crippen molar-refractivity contribution in [1.29, 1.82) is 0 Å². The number of amides is 2. The summed E-state index contributed by atoms with van der Waals surface area (Å²) in [5.41, 5.74) is 0.663. The zero-order valence-electron chi connectivity index (χ0n) is 15.8. The van der Waals surface area contributed by atoms with Gasteiger partial charge in [-0.3, -0.25) is 24.6 Å². The van der Waals surface area contributed by atoms with Crippen LogP contribution in [0.15, 0.2) is 48.5 Å². The number of rotatable bonds is 8. The topological polar surface area (TPSA) is 105 Å². The van der Waals surface area contributed by atoms with Gasteiger partial charge < -0.3 is 10.6 Å². The molecule has 9 heteroatoms. The third-order valence-corrected chi connectivity index (χ3v) is 4.87. The number of nitrogens with zero attached hydrogens (tertiary/aromatic N) is 2. The van der Waals surface area contributed by atoms with Gasteiger partial charge >= 0.3 is 0 Å². The molecule has 0 aliphatic heterocycles. The average molecular weight is 417 g/mol. The van der Waals surface area contributed by atoms with Gasteiger partial charge in [0.05, 0.1) is 11.5 Å². The van der Waals surface area contributed by atoms with Crippen LogP contribution in [-0.2, 0) is 9.59 Å². The number of hydrogen-bond acceptors (Lipinski definition) is 5. The van der Waals surface area contributed by atoms with Crippen LogP contribution in [0.25, 0.3) is 0 Å². The summed E-state index contributed by atoms with van der Waals surface area (Å²) in [5, 5.41) is 16.7. The van der Waals surface area contributed by atoms with Crippen molar-refractivity contribution in [3.8, 4) is 0 Å². The van der Waals surface area contributed by atoms with Gasteiger partial charge in [0, 0.05) is 17.8 Å². The molecule has 2 N–H and O–H groups in total. The minimum atomic E-state index is -0.754. The Bertz CT molecular complexity index is 918. The fraction of sp³-hybridized carbons (Fsp3) is 0.300. The summed E-state index contributed by atoms with van der Waals surface area (Å²) >= 11 is 5.83. The second kappa shape index (κ2) is 9.02. The molecule has 29 heavy (non-hydrogen) atoms. The molecule has 0 radical (unpaired) electrons. The van der Waals surface area contributed by atoms with E-state index < -0.39 is 16.9 Å². The minimum Gasteiger partial charge on any atom is -0.352 e. The molecule has 3 rings (SSSR count). The highest BCUT2D eigenvalue weighted by molar-refractivity contribution is 6.32. The van der Waals surface area contributed by atoms with E-state index in [9.17, 15) is 19.7 Å². The second-order valence-corrected chi connectivity index (χ2v) is 7.39. The van der Waals surface area contributed by atoms with Crippen molar-refractivity contribution >= 4 is 34.8 Å². The highest BCUT2D eigenvalue weighted by Crippen LogP contribution is 2.29. The van der Waals surface area contributed by atoms with Crippen molar-refractivity contribution in [2.24, 2.45) is 0 Å². The quantitative estimate of drug-likeness (QED) is 0.508. The molecule has 8 nitrogen and oxygen atoms in total. The molecule has 1 atom stereocenters. The summed E-state index contributed by atoms with van der Waals surface area (Å²) in [6.45, 7) is 0.0459. The summed E-state index contributed by atoms with van der Waals surface area (Å²) < 4.78 is 0. The number of benzene rings is 2. The van der Waals surface area contributed by atoms with Crippen molar-refractivity contribution < 1.29 is 14.5 Å². The average Bonchev–Trinajstić information content (AvgIpc) is 3.47. The maximum absolute atomic E-state index is 13.0. The van der Waals surface area contributed by atoms with Crippen LogP contribution in [0.5, 0.6) is 0 Å². The lowest BCUT2D eigenvalue weighted by Crippen LogP contribution is -2.41. The first-order chi connectivity index (χ1) is 13.8. The molecule has 1 fully saturated rings. The van der Waals surface area contributed by atoms with Gasteiger partial charge in [0.2, 0.25) is 11.8 Å². The van der Waals surface area contributed by atoms with E-state index in [2.05, 4.69) is 10.6 Å². The lowest BCUT2D eigenvalue weighted by molar-refractivity contribution is -0.384. The highest BCUT2D eigenvalue weighted by Gasteiger charge is 2.29. The molecule has 0 aromatic heterocycles. The van der Waals surface area contributed by atoms with Crippen LogP contribution in [0, 0.1) is 10.1 Å². The maximum atomic E-state index is 13.0. The Kier molecular flexibility index (Phi) is 6.46. The fourth-order valence-corrected chi connectivity index (χ4v) is 3.19. The van der Waals surface area contributed by atoms with Crippen LogP contribution < -0.4 is 10.6 Å². The van der Waals surface area contributed by atoms with Gasteiger partial charge in [-0.1, -0.05) is 41.9 Å². The van der Waals surface area contributed by atoms with Crippen molar-refractivity contribution in [3.63, 3.8) is 0 Å². The summed E-state index contributed by atoms with van der Waals surface area (Å²) in [5.74, 6) is -0.555. The van der Waals surface area contributed by atoms with Crippen LogP contribution in [0.3, 0.4) is 0 Å². The number of hydrogen-bond donors (Lipinski definition) is 2. The molecule has 2 aromatic rings. The third-order valence-electron chi connectivity index (χ3n) is 4.55. The maximum Gasteiger partial charge on any atom is 0.289 e. The van der Waals surface area contributed by atoms with Crippen molar-refractivity contribution in [2.75, 3.05) is 18.9 Å². The van der Waals surface area contributed by atoms with E-state index in [1.54, 1.807) is 36.2 Å². The number of nitrogens with one attached hydrogen (secondary N) is 2. The molecule has 1 aliphatic rings. The number of nitro benzene ring substituents is 1. The number of anilines is 1. The normalized spacial score (nSPS) is 14.3. The molecular formula is C20H21ClN4O4. The van der Waals surface area contributed by atoms with E-state index >= 15 is 0 Å². The van der Waals surface area contributed by atoms with E-state index in [0.717, 1.165) is 12.8 Å². The zero-order chi connectivity index (χ0) is 21.0. The van der Waals surface area contributed by atoms with Crippen molar-refractivity contribution in [3.05, 3.63) is 69.2 Å². The first kappa shape index (κ1) is 20.8. The second-order valence-electron chi connectivity index (χ2n) is 6.98. The van der Waals surface area contributed by atoms with Gasteiger partial charge in [0.25, 0.3) is 5.69 Å². The Labute approximate surface area is 173 Å². The molecule has 0 unspecified atom stereocenters. The van der Waals surface area contributed by atoms with E-state index in [4.69, 9.17) is 11.6 Å². The summed E-state index contributed by atoms with van der Waals surface area (Å²) in [7, 11) is 1.69. The first-order valence-electron chi connectivity index (χ1n) is 9.14.